The van der Waals surface area contributed by atoms with Crippen LogP contribution in [0.1, 0.15) is 46.1 Å². The van der Waals surface area contributed by atoms with E-state index in [0.717, 1.165) is 55.6 Å². The zero-order valence-corrected chi connectivity index (χ0v) is 18.2. The highest BCUT2D eigenvalue weighted by Crippen LogP contribution is 2.43. The number of pyridine rings is 1. The molecular formula is C22H26Cl2FN3O2. The number of fused-ring (bicyclic) bond motifs is 2. The van der Waals surface area contributed by atoms with Gasteiger partial charge in [0.25, 0.3) is 11.5 Å². The molecule has 5 nitrogen and oxygen atoms in total. The Balaban J connectivity index is 0.00000128. The molecule has 1 aliphatic carbocycles. The molecule has 3 atom stereocenters. The van der Waals surface area contributed by atoms with Gasteiger partial charge in [0.1, 0.15) is 11.4 Å². The van der Waals surface area contributed by atoms with Crippen molar-refractivity contribution in [1.29, 1.82) is 0 Å². The van der Waals surface area contributed by atoms with Crippen molar-refractivity contribution in [3.63, 3.8) is 0 Å². The SMILES string of the molecule is Cl.Cl.O=C(c1cc2c([nH]c1=O)CCCC2)N1C[C@@H]2CNC[C@@H]2[C@H]1c1cccc(F)c1. The number of likely N-dealkylation sites (tertiary alicyclic amines) is 1. The third kappa shape index (κ3) is 3.88. The molecule has 0 unspecified atom stereocenters. The lowest BCUT2D eigenvalue weighted by Crippen LogP contribution is -2.38. The molecule has 2 N–H and O–H groups in total. The molecule has 2 fully saturated rings. The van der Waals surface area contributed by atoms with Crippen molar-refractivity contribution < 1.29 is 9.18 Å². The van der Waals surface area contributed by atoms with Crippen LogP contribution >= 0.6 is 24.8 Å². The van der Waals surface area contributed by atoms with Crippen LogP contribution in [-0.2, 0) is 12.8 Å². The molecule has 1 aromatic heterocycles. The van der Waals surface area contributed by atoms with Gasteiger partial charge in [0, 0.05) is 31.2 Å². The summed E-state index contributed by atoms with van der Waals surface area (Å²) >= 11 is 0. The summed E-state index contributed by atoms with van der Waals surface area (Å²) in [5, 5.41) is 3.39. The van der Waals surface area contributed by atoms with Gasteiger partial charge in [-0.3, -0.25) is 9.59 Å². The maximum atomic E-state index is 13.9. The maximum Gasteiger partial charge on any atom is 0.261 e. The monoisotopic (exact) mass is 453 g/mol. The van der Waals surface area contributed by atoms with E-state index in [2.05, 4.69) is 10.3 Å². The van der Waals surface area contributed by atoms with Crippen LogP contribution < -0.4 is 10.9 Å². The van der Waals surface area contributed by atoms with E-state index < -0.39 is 0 Å². The first-order valence-corrected chi connectivity index (χ1v) is 10.1. The number of H-pyrrole nitrogens is 1. The Labute approximate surface area is 187 Å². The quantitative estimate of drug-likeness (QED) is 0.732. The Morgan fingerprint density at radius 2 is 1.90 bits per heavy atom. The maximum absolute atomic E-state index is 13.9. The molecule has 5 rings (SSSR count). The van der Waals surface area contributed by atoms with Crippen LogP contribution in [0.4, 0.5) is 4.39 Å². The number of halogens is 3. The second-order valence-electron chi connectivity index (χ2n) is 8.26. The predicted octanol–water partition coefficient (Wildman–Crippen LogP) is 3.27. The van der Waals surface area contributed by atoms with E-state index in [-0.39, 0.29) is 59.6 Å². The number of aryl methyl sites for hydroxylation is 2. The van der Waals surface area contributed by atoms with Crippen LogP contribution in [0.15, 0.2) is 35.1 Å². The minimum atomic E-state index is -0.307. The molecule has 1 amide bonds. The van der Waals surface area contributed by atoms with Crippen molar-refractivity contribution in [2.75, 3.05) is 19.6 Å². The van der Waals surface area contributed by atoms with Crippen molar-refractivity contribution in [3.8, 4) is 0 Å². The van der Waals surface area contributed by atoms with Gasteiger partial charge >= 0.3 is 0 Å². The number of benzene rings is 1. The lowest BCUT2D eigenvalue weighted by molar-refractivity contribution is 0.0711. The first-order chi connectivity index (χ1) is 13.6. The van der Waals surface area contributed by atoms with Gasteiger partial charge in [-0.05, 0) is 60.9 Å². The lowest BCUT2D eigenvalue weighted by Gasteiger charge is -2.28. The van der Waals surface area contributed by atoms with Crippen molar-refractivity contribution in [3.05, 3.63) is 68.9 Å². The normalized spacial score (nSPS) is 24.4. The summed E-state index contributed by atoms with van der Waals surface area (Å²) in [4.78, 5) is 30.8. The molecule has 2 saturated heterocycles. The molecule has 8 heteroatoms. The van der Waals surface area contributed by atoms with Gasteiger partial charge in [-0.2, -0.15) is 0 Å². The summed E-state index contributed by atoms with van der Waals surface area (Å²) in [5.74, 6) is 0.0283. The molecule has 3 heterocycles. The number of nitrogens with zero attached hydrogens (tertiary/aromatic N) is 1. The van der Waals surface area contributed by atoms with Gasteiger partial charge in [-0.1, -0.05) is 12.1 Å². The number of amides is 1. The smallest absolute Gasteiger partial charge is 0.261 e. The number of hydrogen-bond donors (Lipinski definition) is 2. The van der Waals surface area contributed by atoms with Gasteiger partial charge in [0.05, 0.1) is 6.04 Å². The van der Waals surface area contributed by atoms with Crippen molar-refractivity contribution >= 4 is 30.7 Å². The molecule has 162 valence electrons. The van der Waals surface area contributed by atoms with E-state index in [0.29, 0.717) is 12.5 Å². The van der Waals surface area contributed by atoms with E-state index in [4.69, 9.17) is 0 Å². The van der Waals surface area contributed by atoms with Gasteiger partial charge in [-0.15, -0.1) is 24.8 Å². The fraction of sp³-hybridized carbons (Fsp3) is 0.455. The molecule has 0 radical (unpaired) electrons. The first kappa shape index (κ1) is 22.8. The van der Waals surface area contributed by atoms with E-state index in [9.17, 15) is 14.0 Å². The van der Waals surface area contributed by atoms with E-state index in [1.807, 2.05) is 6.07 Å². The number of hydrogen-bond acceptors (Lipinski definition) is 3. The minimum absolute atomic E-state index is 0. The Hall–Kier alpha value is -1.89. The fourth-order valence-corrected chi connectivity index (χ4v) is 5.24. The van der Waals surface area contributed by atoms with E-state index in [1.54, 1.807) is 17.0 Å². The van der Waals surface area contributed by atoms with Crippen molar-refractivity contribution in [2.45, 2.75) is 31.7 Å². The van der Waals surface area contributed by atoms with E-state index in [1.165, 1.54) is 12.1 Å². The second-order valence-corrected chi connectivity index (χ2v) is 8.26. The molecule has 0 saturated carbocycles. The summed E-state index contributed by atoms with van der Waals surface area (Å²) in [6.07, 6.45) is 3.91. The summed E-state index contributed by atoms with van der Waals surface area (Å²) in [7, 11) is 0. The number of carbonyl (C=O) groups is 1. The molecule has 3 aliphatic rings. The third-order valence-corrected chi connectivity index (χ3v) is 6.58. The zero-order valence-electron chi connectivity index (χ0n) is 16.5. The molecule has 30 heavy (non-hydrogen) atoms. The Morgan fingerprint density at radius 1 is 1.10 bits per heavy atom. The number of carbonyl (C=O) groups excluding carboxylic acids is 1. The summed E-state index contributed by atoms with van der Waals surface area (Å²) in [5.41, 5.74) is 2.77. The Kier molecular flexibility index (Phi) is 6.90. The molecule has 0 spiro atoms. The Bertz CT molecular complexity index is 997. The average molecular weight is 454 g/mol. The number of aromatic amines is 1. The van der Waals surface area contributed by atoms with Crippen LogP contribution in [0.2, 0.25) is 0 Å². The summed E-state index contributed by atoms with van der Waals surface area (Å²) < 4.78 is 13.9. The van der Waals surface area contributed by atoms with Gasteiger partial charge in [0.2, 0.25) is 0 Å². The standard InChI is InChI=1S/C22H24FN3O2.2ClH/c23-16-6-3-5-14(8-16)20-18-11-24-10-15(18)12-26(20)22(28)17-9-13-4-1-2-7-19(13)25-21(17)27;;/h3,5-6,8-9,15,18,20,24H,1-2,4,7,10-12H2,(H,25,27);2*1H/t15-,18-,20+;;/m0../s1. The molecule has 0 bridgehead atoms. The van der Waals surface area contributed by atoms with Crippen LogP contribution in [0.3, 0.4) is 0 Å². The highest BCUT2D eigenvalue weighted by Gasteiger charge is 2.47. The van der Waals surface area contributed by atoms with Crippen molar-refractivity contribution in [1.82, 2.24) is 15.2 Å². The highest BCUT2D eigenvalue weighted by molar-refractivity contribution is 5.94. The fourth-order valence-electron chi connectivity index (χ4n) is 5.24. The second kappa shape index (κ2) is 9.08. The average Bonchev–Trinajstić information content (AvgIpc) is 3.28. The first-order valence-electron chi connectivity index (χ1n) is 10.1. The number of rotatable bonds is 2. The minimum Gasteiger partial charge on any atom is -0.331 e. The third-order valence-electron chi connectivity index (χ3n) is 6.58. The predicted molar refractivity (Wildman–Crippen MR) is 118 cm³/mol. The molecular weight excluding hydrogens is 428 g/mol. The van der Waals surface area contributed by atoms with Crippen molar-refractivity contribution in [2.24, 2.45) is 11.8 Å². The van der Waals surface area contributed by atoms with Gasteiger partial charge in [0.15, 0.2) is 0 Å². The highest BCUT2D eigenvalue weighted by atomic mass is 35.5. The Morgan fingerprint density at radius 3 is 2.70 bits per heavy atom. The van der Waals surface area contributed by atoms with Crippen LogP contribution in [0.25, 0.3) is 0 Å². The molecule has 2 aliphatic heterocycles. The van der Waals surface area contributed by atoms with Gasteiger partial charge in [-0.25, -0.2) is 4.39 Å². The largest absolute Gasteiger partial charge is 0.331 e. The molecule has 1 aromatic carbocycles. The van der Waals surface area contributed by atoms with E-state index >= 15 is 0 Å². The van der Waals surface area contributed by atoms with Gasteiger partial charge < -0.3 is 15.2 Å². The number of aromatic nitrogens is 1. The van der Waals surface area contributed by atoms with Crippen LogP contribution in [0, 0.1) is 17.7 Å². The summed E-state index contributed by atoms with van der Waals surface area (Å²) in [6, 6.07) is 8.09. The van der Waals surface area contributed by atoms with Crippen LogP contribution in [-0.4, -0.2) is 35.4 Å². The lowest BCUT2D eigenvalue weighted by atomic mass is 9.89. The zero-order chi connectivity index (χ0) is 19.3. The van der Waals surface area contributed by atoms with Crippen LogP contribution in [0.5, 0.6) is 0 Å². The summed E-state index contributed by atoms with van der Waals surface area (Å²) in [6.45, 7) is 2.24. The topological polar surface area (TPSA) is 65.2 Å². The molecule has 2 aromatic rings. The number of nitrogens with one attached hydrogen (secondary N) is 2.